The van der Waals surface area contributed by atoms with Crippen molar-refractivity contribution in [2.24, 2.45) is 0 Å². The predicted octanol–water partition coefficient (Wildman–Crippen LogP) is -0.308. The van der Waals surface area contributed by atoms with E-state index in [0.717, 1.165) is 0 Å². The maximum Gasteiger partial charge on any atom is 0.395 e. The van der Waals surface area contributed by atoms with Crippen LogP contribution in [0.4, 0.5) is 5.69 Å². The number of hydrogen-bond donors (Lipinski definition) is 2. The molecule has 64 valence electrons. The standard InChI is InChI=1S/C5H5N3O4/c1-2-6-4(9)3(8(11)12)5(10)7-2/h1H3,(H2,6,7,9,10). The summed E-state index contributed by atoms with van der Waals surface area (Å²) < 4.78 is 0. The Hall–Kier alpha value is -1.92. The van der Waals surface area contributed by atoms with E-state index >= 15 is 0 Å². The SMILES string of the molecule is Cc1nc(O)c([N+](=O)[O-])c(=O)[nH]1. The van der Waals surface area contributed by atoms with Crippen LogP contribution in [0.1, 0.15) is 5.82 Å². The van der Waals surface area contributed by atoms with Crippen molar-refractivity contribution in [3.8, 4) is 5.88 Å². The molecule has 1 heterocycles. The summed E-state index contributed by atoms with van der Waals surface area (Å²) in [4.78, 5) is 25.4. The molecule has 0 fully saturated rings. The summed E-state index contributed by atoms with van der Waals surface area (Å²) in [6.45, 7) is 1.41. The molecular weight excluding hydrogens is 166 g/mol. The first-order valence-electron chi connectivity index (χ1n) is 2.96. The van der Waals surface area contributed by atoms with E-state index in [9.17, 15) is 14.9 Å². The third-order valence-electron chi connectivity index (χ3n) is 1.18. The average Bonchev–Trinajstić information content (AvgIpc) is 1.82. The quantitative estimate of drug-likeness (QED) is 0.445. The van der Waals surface area contributed by atoms with Gasteiger partial charge in [-0.3, -0.25) is 14.9 Å². The third-order valence-corrected chi connectivity index (χ3v) is 1.18. The van der Waals surface area contributed by atoms with Crippen molar-refractivity contribution in [3.63, 3.8) is 0 Å². The van der Waals surface area contributed by atoms with Crippen LogP contribution in [0.3, 0.4) is 0 Å². The number of aromatic hydroxyl groups is 1. The zero-order valence-electron chi connectivity index (χ0n) is 6.07. The fourth-order valence-corrected chi connectivity index (χ4v) is 0.729. The number of H-pyrrole nitrogens is 1. The highest BCUT2D eigenvalue weighted by atomic mass is 16.6. The summed E-state index contributed by atoms with van der Waals surface area (Å²) >= 11 is 0. The summed E-state index contributed by atoms with van der Waals surface area (Å²) in [5.41, 5.74) is -1.88. The normalized spacial score (nSPS) is 9.75. The van der Waals surface area contributed by atoms with Gasteiger partial charge in [0.25, 0.3) is 5.88 Å². The second kappa shape index (κ2) is 2.61. The van der Waals surface area contributed by atoms with Gasteiger partial charge in [-0.25, -0.2) is 0 Å². The molecular formula is C5H5N3O4. The number of aromatic nitrogens is 2. The molecule has 0 aliphatic rings. The minimum absolute atomic E-state index is 0.128. The van der Waals surface area contributed by atoms with E-state index in [2.05, 4.69) is 9.97 Å². The smallest absolute Gasteiger partial charge is 0.395 e. The molecule has 12 heavy (non-hydrogen) atoms. The summed E-state index contributed by atoms with van der Waals surface area (Å²) in [6.07, 6.45) is 0. The van der Waals surface area contributed by atoms with Gasteiger partial charge in [-0.15, -0.1) is 0 Å². The van der Waals surface area contributed by atoms with Crippen molar-refractivity contribution in [1.82, 2.24) is 9.97 Å². The van der Waals surface area contributed by atoms with E-state index in [1.807, 2.05) is 0 Å². The van der Waals surface area contributed by atoms with Crippen molar-refractivity contribution in [1.29, 1.82) is 0 Å². The molecule has 0 aliphatic carbocycles. The molecule has 1 rings (SSSR count). The average molecular weight is 171 g/mol. The molecule has 0 aliphatic heterocycles. The zero-order valence-corrected chi connectivity index (χ0v) is 6.07. The van der Waals surface area contributed by atoms with Gasteiger partial charge in [-0.05, 0) is 6.92 Å². The van der Waals surface area contributed by atoms with Gasteiger partial charge in [-0.1, -0.05) is 0 Å². The Labute approximate surface area is 65.8 Å². The molecule has 0 radical (unpaired) electrons. The molecule has 0 saturated heterocycles. The van der Waals surface area contributed by atoms with Crippen LogP contribution < -0.4 is 5.56 Å². The van der Waals surface area contributed by atoms with Crippen LogP contribution in [-0.4, -0.2) is 20.0 Å². The van der Waals surface area contributed by atoms with E-state index in [0.29, 0.717) is 0 Å². The molecule has 0 unspecified atom stereocenters. The Bertz CT molecular complexity index is 383. The number of nitrogens with one attached hydrogen (secondary N) is 1. The van der Waals surface area contributed by atoms with Gasteiger partial charge in [0.2, 0.25) is 0 Å². The molecule has 0 bridgehead atoms. The van der Waals surface area contributed by atoms with E-state index in [-0.39, 0.29) is 5.82 Å². The monoisotopic (exact) mass is 171 g/mol. The van der Waals surface area contributed by atoms with Crippen LogP contribution in [0, 0.1) is 17.0 Å². The molecule has 7 heteroatoms. The van der Waals surface area contributed by atoms with Crippen molar-refractivity contribution in [3.05, 3.63) is 26.3 Å². The third kappa shape index (κ3) is 1.24. The van der Waals surface area contributed by atoms with Crippen LogP contribution in [0.5, 0.6) is 5.88 Å². The highest BCUT2D eigenvalue weighted by molar-refractivity contribution is 5.36. The number of nitro groups is 1. The molecule has 0 spiro atoms. The molecule has 0 saturated carbocycles. The molecule has 7 nitrogen and oxygen atoms in total. The maximum absolute atomic E-state index is 10.8. The lowest BCUT2D eigenvalue weighted by molar-refractivity contribution is -0.387. The molecule has 0 aromatic carbocycles. The van der Waals surface area contributed by atoms with Crippen LogP contribution in [0.15, 0.2) is 4.79 Å². The highest BCUT2D eigenvalue weighted by Gasteiger charge is 2.20. The predicted molar refractivity (Wildman–Crippen MR) is 37.9 cm³/mol. The van der Waals surface area contributed by atoms with Crippen LogP contribution in [0.25, 0.3) is 0 Å². The topological polar surface area (TPSA) is 109 Å². The number of rotatable bonds is 1. The van der Waals surface area contributed by atoms with Gasteiger partial charge in [-0.2, -0.15) is 4.98 Å². The summed E-state index contributed by atoms with van der Waals surface area (Å²) in [6, 6.07) is 0. The lowest BCUT2D eigenvalue weighted by atomic mass is 10.5. The first-order valence-corrected chi connectivity index (χ1v) is 2.96. The number of aryl methyl sites for hydroxylation is 1. The minimum Gasteiger partial charge on any atom is -0.488 e. The van der Waals surface area contributed by atoms with Gasteiger partial charge in [0.05, 0.1) is 4.92 Å². The van der Waals surface area contributed by atoms with E-state index < -0.39 is 22.0 Å². The number of hydrogen-bond acceptors (Lipinski definition) is 5. The van der Waals surface area contributed by atoms with Crippen molar-refractivity contribution in [2.75, 3.05) is 0 Å². The lowest BCUT2D eigenvalue weighted by Gasteiger charge is -1.94. The van der Waals surface area contributed by atoms with Crippen molar-refractivity contribution < 1.29 is 10.0 Å². The van der Waals surface area contributed by atoms with Crippen LogP contribution >= 0.6 is 0 Å². The second-order valence-electron chi connectivity index (χ2n) is 2.08. The van der Waals surface area contributed by atoms with Gasteiger partial charge in [0, 0.05) is 0 Å². The van der Waals surface area contributed by atoms with Crippen LogP contribution in [-0.2, 0) is 0 Å². The first kappa shape index (κ1) is 8.18. The largest absolute Gasteiger partial charge is 0.488 e. The zero-order chi connectivity index (χ0) is 9.30. The lowest BCUT2D eigenvalue weighted by Crippen LogP contribution is -2.13. The van der Waals surface area contributed by atoms with E-state index in [1.54, 1.807) is 0 Å². The highest BCUT2D eigenvalue weighted by Crippen LogP contribution is 2.15. The summed E-state index contributed by atoms with van der Waals surface area (Å²) in [7, 11) is 0. The second-order valence-corrected chi connectivity index (χ2v) is 2.08. The Morgan fingerprint density at radius 2 is 2.25 bits per heavy atom. The molecule has 1 aromatic heterocycles. The Morgan fingerprint density at radius 1 is 1.67 bits per heavy atom. The molecule has 2 N–H and O–H groups in total. The van der Waals surface area contributed by atoms with Gasteiger partial charge < -0.3 is 10.1 Å². The Balaban J connectivity index is 3.49. The minimum atomic E-state index is -0.986. The fraction of sp³-hybridized carbons (Fsp3) is 0.200. The Kier molecular flexibility index (Phi) is 1.78. The van der Waals surface area contributed by atoms with Crippen LogP contribution in [0.2, 0.25) is 0 Å². The van der Waals surface area contributed by atoms with E-state index in [1.165, 1.54) is 6.92 Å². The maximum atomic E-state index is 10.8. The molecule has 0 amide bonds. The Morgan fingerprint density at radius 3 is 2.67 bits per heavy atom. The fourth-order valence-electron chi connectivity index (χ4n) is 0.729. The summed E-state index contributed by atoms with van der Waals surface area (Å²) in [5, 5.41) is 19.0. The van der Waals surface area contributed by atoms with Gasteiger partial charge in [0.1, 0.15) is 5.82 Å². The van der Waals surface area contributed by atoms with E-state index in [4.69, 9.17) is 5.11 Å². The summed E-state index contributed by atoms with van der Waals surface area (Å²) in [5.74, 6) is -0.732. The van der Waals surface area contributed by atoms with Gasteiger partial charge in [0.15, 0.2) is 0 Å². The van der Waals surface area contributed by atoms with Gasteiger partial charge >= 0.3 is 11.2 Å². The van der Waals surface area contributed by atoms with Crippen molar-refractivity contribution in [2.45, 2.75) is 6.92 Å². The van der Waals surface area contributed by atoms with Crippen molar-refractivity contribution >= 4 is 5.69 Å². The molecule has 0 atom stereocenters. The first-order chi connectivity index (χ1) is 5.52. The number of nitrogens with zero attached hydrogens (tertiary/aromatic N) is 2. The molecule has 1 aromatic rings. The number of aromatic amines is 1.